The third-order valence-electron chi connectivity index (χ3n) is 4.16. The minimum absolute atomic E-state index is 0.240. The average molecular weight is 217 g/mol. The molecule has 1 aromatic carbocycles. The molecule has 1 fully saturated rings. The van der Waals surface area contributed by atoms with Gasteiger partial charge in [-0.25, -0.2) is 0 Å². The summed E-state index contributed by atoms with van der Waals surface area (Å²) in [7, 11) is 0. The van der Waals surface area contributed by atoms with Gasteiger partial charge in [0.1, 0.15) is 0 Å². The topological polar surface area (TPSA) is 26.0 Å². The maximum absolute atomic E-state index is 6.38. The number of rotatable bonds is 2. The summed E-state index contributed by atoms with van der Waals surface area (Å²) in [4.78, 5) is 0. The molecule has 2 rings (SSSR count). The standard InChI is InChI=1S/C15H23N/c1-10-4-6-13(8-10)15(16)14-7-5-11(2)12(3)9-14/h5,7,9-10,13,15H,4,6,8,16H2,1-3H3. The van der Waals surface area contributed by atoms with Crippen molar-refractivity contribution in [2.75, 3.05) is 0 Å². The molecule has 1 aliphatic carbocycles. The van der Waals surface area contributed by atoms with Crippen molar-refractivity contribution < 1.29 is 0 Å². The highest BCUT2D eigenvalue weighted by atomic mass is 14.7. The number of benzene rings is 1. The fourth-order valence-electron chi connectivity index (χ4n) is 2.82. The molecule has 0 bridgehead atoms. The molecule has 16 heavy (non-hydrogen) atoms. The molecule has 1 nitrogen and oxygen atoms in total. The number of hydrogen-bond acceptors (Lipinski definition) is 1. The second-order valence-electron chi connectivity index (χ2n) is 5.55. The van der Waals surface area contributed by atoms with Gasteiger partial charge < -0.3 is 5.73 Å². The molecule has 0 heterocycles. The Kier molecular flexibility index (Phi) is 3.34. The Bertz CT molecular complexity index is 370. The summed E-state index contributed by atoms with van der Waals surface area (Å²) in [6.45, 7) is 6.66. The van der Waals surface area contributed by atoms with Crippen LogP contribution in [0.5, 0.6) is 0 Å². The Morgan fingerprint density at radius 1 is 1.19 bits per heavy atom. The molecular formula is C15H23N. The predicted molar refractivity (Wildman–Crippen MR) is 69.3 cm³/mol. The second-order valence-corrected chi connectivity index (χ2v) is 5.55. The third kappa shape index (κ3) is 2.30. The van der Waals surface area contributed by atoms with Crippen LogP contribution in [0.3, 0.4) is 0 Å². The van der Waals surface area contributed by atoms with E-state index in [1.807, 2.05) is 0 Å². The first-order chi connectivity index (χ1) is 7.58. The van der Waals surface area contributed by atoms with Gasteiger partial charge in [0, 0.05) is 6.04 Å². The summed E-state index contributed by atoms with van der Waals surface area (Å²) < 4.78 is 0. The largest absolute Gasteiger partial charge is 0.324 e. The summed E-state index contributed by atoms with van der Waals surface area (Å²) in [6, 6.07) is 6.91. The molecule has 88 valence electrons. The van der Waals surface area contributed by atoms with Gasteiger partial charge >= 0.3 is 0 Å². The van der Waals surface area contributed by atoms with Crippen molar-refractivity contribution in [2.24, 2.45) is 17.6 Å². The third-order valence-corrected chi connectivity index (χ3v) is 4.16. The zero-order valence-electron chi connectivity index (χ0n) is 10.7. The van der Waals surface area contributed by atoms with E-state index >= 15 is 0 Å². The Labute approximate surface area is 99.0 Å². The maximum atomic E-state index is 6.38. The van der Waals surface area contributed by atoms with Gasteiger partial charge in [-0.1, -0.05) is 31.5 Å². The normalized spacial score (nSPS) is 27.0. The lowest BCUT2D eigenvalue weighted by Gasteiger charge is -2.20. The summed E-state index contributed by atoms with van der Waals surface area (Å²) in [5, 5.41) is 0. The summed E-state index contributed by atoms with van der Waals surface area (Å²) in [5.74, 6) is 1.56. The first kappa shape index (κ1) is 11.7. The van der Waals surface area contributed by atoms with Crippen LogP contribution in [0.4, 0.5) is 0 Å². The zero-order chi connectivity index (χ0) is 11.7. The van der Waals surface area contributed by atoms with E-state index < -0.39 is 0 Å². The van der Waals surface area contributed by atoms with Crippen LogP contribution in [-0.2, 0) is 0 Å². The molecule has 0 saturated heterocycles. The van der Waals surface area contributed by atoms with Crippen molar-refractivity contribution in [1.82, 2.24) is 0 Å². The van der Waals surface area contributed by atoms with Crippen molar-refractivity contribution in [1.29, 1.82) is 0 Å². The first-order valence-electron chi connectivity index (χ1n) is 6.40. The van der Waals surface area contributed by atoms with Gasteiger partial charge in [-0.2, -0.15) is 0 Å². The van der Waals surface area contributed by atoms with Gasteiger partial charge in [0.15, 0.2) is 0 Å². The second kappa shape index (κ2) is 4.58. The van der Waals surface area contributed by atoms with Gasteiger partial charge in [-0.15, -0.1) is 0 Å². The monoisotopic (exact) mass is 217 g/mol. The number of hydrogen-bond donors (Lipinski definition) is 1. The number of nitrogens with two attached hydrogens (primary N) is 1. The molecule has 1 heteroatoms. The molecule has 1 saturated carbocycles. The first-order valence-corrected chi connectivity index (χ1v) is 6.40. The SMILES string of the molecule is Cc1ccc(C(N)C2CCC(C)C2)cc1C. The molecule has 3 unspecified atom stereocenters. The summed E-state index contributed by atoms with van der Waals surface area (Å²) in [5.41, 5.74) is 10.4. The minimum Gasteiger partial charge on any atom is -0.324 e. The lowest BCUT2D eigenvalue weighted by Crippen LogP contribution is -2.19. The van der Waals surface area contributed by atoms with Crippen LogP contribution in [0.15, 0.2) is 18.2 Å². The Morgan fingerprint density at radius 3 is 2.50 bits per heavy atom. The van der Waals surface area contributed by atoms with Crippen molar-refractivity contribution in [3.8, 4) is 0 Å². The van der Waals surface area contributed by atoms with Crippen LogP contribution in [0, 0.1) is 25.7 Å². The van der Waals surface area contributed by atoms with Crippen molar-refractivity contribution in [2.45, 2.75) is 46.1 Å². The van der Waals surface area contributed by atoms with Crippen molar-refractivity contribution >= 4 is 0 Å². The molecule has 0 spiro atoms. The van der Waals surface area contributed by atoms with Crippen molar-refractivity contribution in [3.63, 3.8) is 0 Å². The fraction of sp³-hybridized carbons (Fsp3) is 0.600. The van der Waals surface area contributed by atoms with Crippen LogP contribution in [-0.4, -0.2) is 0 Å². The van der Waals surface area contributed by atoms with E-state index in [9.17, 15) is 0 Å². The quantitative estimate of drug-likeness (QED) is 0.802. The molecule has 3 atom stereocenters. The Hall–Kier alpha value is -0.820. The molecular weight excluding hydrogens is 194 g/mol. The van der Waals surface area contributed by atoms with E-state index in [1.54, 1.807) is 0 Å². The maximum Gasteiger partial charge on any atom is 0.0323 e. The highest BCUT2D eigenvalue weighted by Gasteiger charge is 2.27. The molecule has 0 aliphatic heterocycles. The Balaban J connectivity index is 2.14. The van der Waals surface area contributed by atoms with Gasteiger partial charge in [-0.05, 0) is 55.2 Å². The van der Waals surface area contributed by atoms with E-state index in [0.717, 1.165) is 5.92 Å². The van der Waals surface area contributed by atoms with Gasteiger partial charge in [0.2, 0.25) is 0 Å². The summed E-state index contributed by atoms with van der Waals surface area (Å²) in [6.07, 6.45) is 3.95. The van der Waals surface area contributed by atoms with E-state index in [1.165, 1.54) is 36.0 Å². The van der Waals surface area contributed by atoms with Crippen LogP contribution < -0.4 is 5.73 Å². The van der Waals surface area contributed by atoms with E-state index in [-0.39, 0.29) is 6.04 Å². The smallest absolute Gasteiger partial charge is 0.0323 e. The van der Waals surface area contributed by atoms with E-state index in [2.05, 4.69) is 39.0 Å². The van der Waals surface area contributed by atoms with E-state index in [0.29, 0.717) is 5.92 Å². The molecule has 0 aromatic heterocycles. The number of aryl methyl sites for hydroxylation is 2. The lowest BCUT2D eigenvalue weighted by molar-refractivity contribution is 0.428. The van der Waals surface area contributed by atoms with Gasteiger partial charge in [-0.3, -0.25) is 0 Å². The van der Waals surface area contributed by atoms with Crippen LogP contribution in [0.1, 0.15) is 48.9 Å². The van der Waals surface area contributed by atoms with Gasteiger partial charge in [0.05, 0.1) is 0 Å². The van der Waals surface area contributed by atoms with E-state index in [4.69, 9.17) is 5.73 Å². The van der Waals surface area contributed by atoms with Gasteiger partial charge in [0.25, 0.3) is 0 Å². The van der Waals surface area contributed by atoms with Crippen LogP contribution in [0.2, 0.25) is 0 Å². The predicted octanol–water partition coefficient (Wildman–Crippen LogP) is 3.74. The summed E-state index contributed by atoms with van der Waals surface area (Å²) >= 11 is 0. The average Bonchev–Trinajstić information content (AvgIpc) is 2.68. The fourth-order valence-corrected chi connectivity index (χ4v) is 2.82. The molecule has 1 aromatic rings. The zero-order valence-corrected chi connectivity index (χ0v) is 10.7. The Morgan fingerprint density at radius 2 is 1.94 bits per heavy atom. The highest BCUT2D eigenvalue weighted by molar-refractivity contribution is 5.32. The molecule has 0 amide bonds. The lowest BCUT2D eigenvalue weighted by atomic mass is 9.90. The minimum atomic E-state index is 0.240. The van der Waals surface area contributed by atoms with Crippen molar-refractivity contribution in [3.05, 3.63) is 34.9 Å². The molecule has 1 aliphatic rings. The molecule has 0 radical (unpaired) electrons. The van der Waals surface area contributed by atoms with Crippen LogP contribution in [0.25, 0.3) is 0 Å². The molecule has 2 N–H and O–H groups in total. The van der Waals surface area contributed by atoms with Crippen LogP contribution >= 0.6 is 0 Å². The highest BCUT2D eigenvalue weighted by Crippen LogP contribution is 2.37.